The molecule has 2 rings (SSSR count). The molecule has 0 N–H and O–H groups in total. The molecule has 0 aromatic heterocycles. The molecule has 0 bridgehead atoms. The highest BCUT2D eigenvalue weighted by Gasteiger charge is 2.08. The van der Waals surface area contributed by atoms with Crippen molar-refractivity contribution in [1.29, 1.82) is 0 Å². The molecule has 0 spiro atoms. The van der Waals surface area contributed by atoms with Crippen molar-refractivity contribution in [2.75, 3.05) is 20.8 Å². The van der Waals surface area contributed by atoms with Crippen LogP contribution in [0.25, 0.3) is 6.08 Å². The van der Waals surface area contributed by atoms with E-state index in [9.17, 15) is 4.79 Å². The minimum Gasteiger partial charge on any atom is -0.493 e. The van der Waals surface area contributed by atoms with E-state index in [-0.39, 0.29) is 0 Å². The number of carbonyl (C=O) groups is 1. The number of hydrogen-bond donors (Lipinski definition) is 0. The maximum absolute atomic E-state index is 12.0. The number of rotatable bonds is 7. The van der Waals surface area contributed by atoms with Crippen LogP contribution < -0.4 is 18.9 Å². The fourth-order valence-corrected chi connectivity index (χ4v) is 2.07. The molecule has 0 heterocycles. The molecule has 0 saturated carbocycles. The molecule has 5 nitrogen and oxygen atoms in total. The van der Waals surface area contributed by atoms with E-state index in [0.717, 1.165) is 5.56 Å². The maximum Gasteiger partial charge on any atom is 0.336 e. The van der Waals surface area contributed by atoms with E-state index in [1.54, 1.807) is 50.6 Å². The minimum absolute atomic E-state index is 0.390. The number of carbonyl (C=O) groups excluding carboxylic acids is 1. The third-order valence-corrected chi connectivity index (χ3v) is 3.18. The normalized spacial score (nSPS) is 10.5. The van der Waals surface area contributed by atoms with Gasteiger partial charge in [-0.2, -0.15) is 0 Å². The van der Waals surface area contributed by atoms with Crippen molar-refractivity contribution in [2.24, 2.45) is 0 Å². The van der Waals surface area contributed by atoms with Crippen molar-refractivity contribution < 1.29 is 23.7 Å². The van der Waals surface area contributed by atoms with E-state index in [1.807, 2.05) is 19.1 Å². The summed E-state index contributed by atoms with van der Waals surface area (Å²) >= 11 is 0. The van der Waals surface area contributed by atoms with Gasteiger partial charge in [-0.25, -0.2) is 4.79 Å². The van der Waals surface area contributed by atoms with Crippen molar-refractivity contribution in [3.05, 3.63) is 54.1 Å². The molecule has 0 aliphatic rings. The average Bonchev–Trinajstić information content (AvgIpc) is 2.61. The first-order valence-corrected chi connectivity index (χ1v) is 7.51. The molecular weight excluding hydrogens is 308 g/mol. The van der Waals surface area contributed by atoms with Gasteiger partial charge in [0.05, 0.1) is 20.8 Å². The smallest absolute Gasteiger partial charge is 0.336 e. The molecule has 0 radical (unpaired) electrons. The van der Waals surface area contributed by atoms with Gasteiger partial charge < -0.3 is 18.9 Å². The van der Waals surface area contributed by atoms with Crippen LogP contribution in [0.2, 0.25) is 0 Å². The first kappa shape index (κ1) is 17.4. The number of para-hydroxylation sites is 2. The summed E-state index contributed by atoms with van der Waals surface area (Å²) in [5, 5.41) is 0. The van der Waals surface area contributed by atoms with Crippen molar-refractivity contribution in [3.63, 3.8) is 0 Å². The van der Waals surface area contributed by atoms with Crippen LogP contribution in [0.15, 0.2) is 48.5 Å². The van der Waals surface area contributed by atoms with Crippen LogP contribution in [-0.2, 0) is 4.79 Å². The van der Waals surface area contributed by atoms with Crippen molar-refractivity contribution in [2.45, 2.75) is 6.92 Å². The van der Waals surface area contributed by atoms with Gasteiger partial charge >= 0.3 is 5.97 Å². The van der Waals surface area contributed by atoms with Crippen molar-refractivity contribution in [3.8, 4) is 23.0 Å². The lowest BCUT2D eigenvalue weighted by Gasteiger charge is -2.09. The number of ether oxygens (including phenoxy) is 4. The van der Waals surface area contributed by atoms with Gasteiger partial charge in [0, 0.05) is 6.08 Å². The zero-order valence-electron chi connectivity index (χ0n) is 13.9. The Morgan fingerprint density at radius 2 is 1.67 bits per heavy atom. The Labute approximate surface area is 141 Å². The number of benzene rings is 2. The first-order valence-electron chi connectivity index (χ1n) is 7.51. The summed E-state index contributed by atoms with van der Waals surface area (Å²) in [6.07, 6.45) is 3.00. The van der Waals surface area contributed by atoms with Crippen LogP contribution in [-0.4, -0.2) is 26.8 Å². The average molecular weight is 328 g/mol. The van der Waals surface area contributed by atoms with E-state index in [1.165, 1.54) is 6.08 Å². The van der Waals surface area contributed by atoms with Crippen LogP contribution in [0.4, 0.5) is 0 Å². The molecule has 0 saturated heterocycles. The highest BCUT2D eigenvalue weighted by molar-refractivity contribution is 5.89. The fraction of sp³-hybridized carbons (Fsp3) is 0.211. The zero-order valence-corrected chi connectivity index (χ0v) is 13.9. The van der Waals surface area contributed by atoms with Gasteiger partial charge in [-0.1, -0.05) is 18.2 Å². The number of hydrogen-bond acceptors (Lipinski definition) is 5. The topological polar surface area (TPSA) is 54.0 Å². The Morgan fingerprint density at radius 1 is 0.958 bits per heavy atom. The van der Waals surface area contributed by atoms with Crippen LogP contribution in [0, 0.1) is 0 Å². The Kier molecular flexibility index (Phi) is 6.25. The van der Waals surface area contributed by atoms with Crippen molar-refractivity contribution >= 4 is 12.0 Å². The summed E-state index contributed by atoms with van der Waals surface area (Å²) in [4.78, 5) is 12.0. The molecule has 0 fully saturated rings. The highest BCUT2D eigenvalue weighted by Crippen LogP contribution is 2.28. The van der Waals surface area contributed by atoms with Gasteiger partial charge in [0.2, 0.25) is 0 Å². The van der Waals surface area contributed by atoms with Gasteiger partial charge in [0.25, 0.3) is 0 Å². The number of methoxy groups -OCH3 is 2. The lowest BCUT2D eigenvalue weighted by molar-refractivity contribution is -0.129. The van der Waals surface area contributed by atoms with Gasteiger partial charge in [-0.3, -0.25) is 0 Å². The lowest BCUT2D eigenvalue weighted by Crippen LogP contribution is -2.05. The molecule has 0 amide bonds. The van der Waals surface area contributed by atoms with E-state index >= 15 is 0 Å². The summed E-state index contributed by atoms with van der Waals surface area (Å²) in [6.45, 7) is 2.37. The summed E-state index contributed by atoms with van der Waals surface area (Å²) in [5.74, 6) is 1.66. The third-order valence-electron chi connectivity index (χ3n) is 3.18. The molecule has 0 unspecified atom stereocenters. The monoisotopic (exact) mass is 328 g/mol. The largest absolute Gasteiger partial charge is 0.493 e. The molecule has 126 valence electrons. The van der Waals surface area contributed by atoms with Crippen molar-refractivity contribution in [1.82, 2.24) is 0 Å². The van der Waals surface area contributed by atoms with E-state index in [0.29, 0.717) is 29.6 Å². The van der Waals surface area contributed by atoms with Crippen LogP contribution in [0.3, 0.4) is 0 Å². The molecule has 24 heavy (non-hydrogen) atoms. The van der Waals surface area contributed by atoms with Crippen LogP contribution in [0.1, 0.15) is 12.5 Å². The molecule has 0 atom stereocenters. The van der Waals surface area contributed by atoms with Gasteiger partial charge in [0.15, 0.2) is 23.0 Å². The predicted octanol–water partition coefficient (Wildman–Crippen LogP) is 3.72. The summed E-state index contributed by atoms with van der Waals surface area (Å²) in [5.41, 5.74) is 0.794. The quantitative estimate of drug-likeness (QED) is 0.440. The van der Waals surface area contributed by atoms with Gasteiger partial charge in [-0.05, 0) is 42.8 Å². The SMILES string of the molecule is CCOc1ccccc1OC(=O)C=Cc1ccc(OC)c(OC)c1. The Morgan fingerprint density at radius 3 is 2.33 bits per heavy atom. The Balaban J connectivity index is 2.08. The van der Waals surface area contributed by atoms with E-state index in [2.05, 4.69) is 0 Å². The molecular formula is C19H20O5. The predicted molar refractivity (Wildman–Crippen MR) is 91.8 cm³/mol. The van der Waals surface area contributed by atoms with Crippen LogP contribution in [0.5, 0.6) is 23.0 Å². The second-order valence-electron chi connectivity index (χ2n) is 4.75. The second-order valence-corrected chi connectivity index (χ2v) is 4.75. The summed E-state index contributed by atoms with van der Waals surface area (Å²) in [6, 6.07) is 12.4. The highest BCUT2D eigenvalue weighted by atomic mass is 16.6. The Bertz CT molecular complexity index is 721. The van der Waals surface area contributed by atoms with E-state index < -0.39 is 5.97 Å². The minimum atomic E-state index is -0.489. The molecule has 0 aliphatic carbocycles. The van der Waals surface area contributed by atoms with Gasteiger partial charge in [-0.15, -0.1) is 0 Å². The standard InChI is InChI=1S/C19H20O5/c1-4-23-16-7-5-6-8-17(16)24-19(20)12-10-14-9-11-15(21-2)18(13-14)22-3/h5-13H,4H2,1-3H3. The van der Waals surface area contributed by atoms with Gasteiger partial charge in [0.1, 0.15) is 0 Å². The third kappa shape index (κ3) is 4.52. The lowest BCUT2D eigenvalue weighted by atomic mass is 10.2. The zero-order chi connectivity index (χ0) is 17.4. The molecule has 5 heteroatoms. The number of esters is 1. The van der Waals surface area contributed by atoms with E-state index in [4.69, 9.17) is 18.9 Å². The summed E-state index contributed by atoms with van der Waals surface area (Å²) in [7, 11) is 3.13. The maximum atomic E-state index is 12.0. The Hall–Kier alpha value is -2.95. The van der Waals surface area contributed by atoms with Crippen LogP contribution >= 0.6 is 0 Å². The molecule has 2 aromatic rings. The fourth-order valence-electron chi connectivity index (χ4n) is 2.07. The molecule has 0 aliphatic heterocycles. The molecule has 2 aromatic carbocycles. The first-order chi connectivity index (χ1) is 11.7. The summed E-state index contributed by atoms with van der Waals surface area (Å²) < 4.78 is 21.1. The second kappa shape index (κ2) is 8.62.